The Kier molecular flexibility index (Phi) is 5.48. The van der Waals surface area contributed by atoms with Gasteiger partial charge in [0.25, 0.3) is 0 Å². The zero-order chi connectivity index (χ0) is 24.0. The normalized spacial score (nSPS) is 26.2. The third-order valence-electron chi connectivity index (χ3n) is 8.72. The lowest BCUT2D eigenvalue weighted by atomic mass is 9.56. The van der Waals surface area contributed by atoms with Gasteiger partial charge >= 0.3 is 0 Å². The summed E-state index contributed by atoms with van der Waals surface area (Å²) in [5, 5.41) is 17.1. The van der Waals surface area contributed by atoms with E-state index in [0.717, 1.165) is 73.7 Å². The van der Waals surface area contributed by atoms with Crippen molar-refractivity contribution in [3.8, 4) is 5.69 Å². The third-order valence-corrected chi connectivity index (χ3v) is 8.72. The summed E-state index contributed by atoms with van der Waals surface area (Å²) in [4.78, 5) is 4.72. The van der Waals surface area contributed by atoms with Crippen LogP contribution in [0.25, 0.3) is 16.6 Å². The highest BCUT2D eigenvalue weighted by atomic mass is 19.1. The van der Waals surface area contributed by atoms with Crippen LogP contribution >= 0.6 is 0 Å². The molecule has 1 N–H and O–H groups in total. The summed E-state index contributed by atoms with van der Waals surface area (Å²) >= 11 is 0. The van der Waals surface area contributed by atoms with Gasteiger partial charge in [0, 0.05) is 22.7 Å². The topological polar surface area (TPSA) is 50.9 Å². The smallest absolute Gasteiger partial charge is 0.123 e. The molecular formula is C30H32FN3O. The van der Waals surface area contributed by atoms with Gasteiger partial charge < -0.3 is 5.11 Å². The van der Waals surface area contributed by atoms with Gasteiger partial charge in [0.15, 0.2) is 0 Å². The van der Waals surface area contributed by atoms with Gasteiger partial charge in [-0.3, -0.25) is 4.98 Å². The second-order valence-electron chi connectivity index (χ2n) is 10.6. The monoisotopic (exact) mass is 469 g/mol. The van der Waals surface area contributed by atoms with E-state index in [2.05, 4.69) is 36.3 Å². The van der Waals surface area contributed by atoms with Gasteiger partial charge in [-0.05, 0) is 117 Å². The van der Waals surface area contributed by atoms with Crippen LogP contribution in [-0.2, 0) is 18.3 Å². The molecule has 4 nitrogen and oxygen atoms in total. The van der Waals surface area contributed by atoms with E-state index in [4.69, 9.17) is 4.98 Å². The minimum Gasteiger partial charge on any atom is -0.390 e. The quantitative estimate of drug-likeness (QED) is 0.381. The fourth-order valence-electron chi connectivity index (χ4n) is 6.74. The van der Waals surface area contributed by atoms with Gasteiger partial charge in [-0.1, -0.05) is 13.0 Å². The largest absolute Gasteiger partial charge is 0.390 e. The molecule has 4 aromatic rings. The fraction of sp³-hybridized carbons (Fsp3) is 0.400. The summed E-state index contributed by atoms with van der Waals surface area (Å²) in [5.74, 6) is 0.167. The third kappa shape index (κ3) is 3.86. The van der Waals surface area contributed by atoms with Gasteiger partial charge in [0.2, 0.25) is 0 Å². The molecule has 0 bridgehead atoms. The molecule has 6 rings (SSSR count). The first kappa shape index (κ1) is 22.4. The molecule has 35 heavy (non-hydrogen) atoms. The van der Waals surface area contributed by atoms with Crippen molar-refractivity contribution in [1.82, 2.24) is 14.8 Å². The van der Waals surface area contributed by atoms with Crippen LogP contribution < -0.4 is 0 Å². The van der Waals surface area contributed by atoms with Crippen LogP contribution in [0.15, 0.2) is 67.0 Å². The maximum absolute atomic E-state index is 13.5. The first-order chi connectivity index (χ1) is 17.0. The summed E-state index contributed by atoms with van der Waals surface area (Å²) < 4.78 is 15.4. The molecule has 0 spiro atoms. The Morgan fingerprint density at radius 1 is 1.11 bits per heavy atom. The van der Waals surface area contributed by atoms with E-state index in [0.29, 0.717) is 5.92 Å². The summed E-state index contributed by atoms with van der Waals surface area (Å²) in [7, 11) is 0. The molecular weight excluding hydrogens is 437 g/mol. The molecule has 2 aliphatic rings. The molecule has 0 amide bonds. The Balaban J connectivity index is 1.51. The van der Waals surface area contributed by atoms with Crippen LogP contribution in [0, 0.1) is 11.7 Å². The van der Waals surface area contributed by atoms with Crippen LogP contribution in [0.5, 0.6) is 0 Å². The Hall–Kier alpha value is -3.05. The van der Waals surface area contributed by atoms with E-state index in [-0.39, 0.29) is 11.2 Å². The summed E-state index contributed by atoms with van der Waals surface area (Å²) in [6.45, 7) is 2.11. The molecule has 1 saturated carbocycles. The molecule has 5 heteroatoms. The van der Waals surface area contributed by atoms with Crippen LogP contribution in [0.3, 0.4) is 0 Å². The summed E-state index contributed by atoms with van der Waals surface area (Å²) in [6.07, 6.45) is 11.4. The van der Waals surface area contributed by atoms with Gasteiger partial charge in [0.1, 0.15) is 5.82 Å². The molecule has 0 radical (unpaired) electrons. The lowest BCUT2D eigenvalue weighted by Gasteiger charge is -2.50. The number of aromatic nitrogens is 3. The highest BCUT2D eigenvalue weighted by molar-refractivity contribution is 5.82. The molecule has 3 atom stereocenters. The second kappa shape index (κ2) is 8.56. The van der Waals surface area contributed by atoms with Gasteiger partial charge in [-0.15, -0.1) is 0 Å². The first-order valence-corrected chi connectivity index (χ1v) is 12.9. The minimum absolute atomic E-state index is 0.0479. The zero-order valence-electron chi connectivity index (χ0n) is 20.3. The molecule has 3 unspecified atom stereocenters. The van der Waals surface area contributed by atoms with Crippen molar-refractivity contribution in [3.63, 3.8) is 0 Å². The lowest BCUT2D eigenvalue weighted by Crippen LogP contribution is -2.49. The number of rotatable bonds is 4. The summed E-state index contributed by atoms with van der Waals surface area (Å²) in [5.41, 5.74) is 5.21. The highest BCUT2D eigenvalue weighted by Gasteiger charge is 2.50. The molecule has 2 aliphatic carbocycles. The molecule has 2 heterocycles. The Morgan fingerprint density at radius 3 is 2.74 bits per heavy atom. The Morgan fingerprint density at radius 2 is 1.97 bits per heavy atom. The molecule has 0 saturated heterocycles. The molecule has 2 aromatic heterocycles. The standard InChI is InChI=1S/C30H32FN3O/c1-2-29(35)13-14-30(19-25-8-3-4-15-32-25)23(18-29)7-5-6-21-17-28-22(16-27(21)30)20-33-34(28)26-11-9-24(31)10-12-26/h3-4,8-12,15-17,20,23,35H,2,5-7,13-14,18-19H2,1H3. The number of pyridine rings is 1. The number of benzene rings is 2. The average molecular weight is 470 g/mol. The SMILES string of the molecule is CCC1(O)CCC2(Cc3ccccn3)c3cc4cnn(-c5ccc(F)cc5)c4cc3CCCC2C1. The van der Waals surface area contributed by atoms with Crippen molar-refractivity contribution >= 4 is 10.9 Å². The number of hydrogen-bond donors (Lipinski definition) is 1. The van der Waals surface area contributed by atoms with Gasteiger partial charge in [-0.25, -0.2) is 9.07 Å². The maximum atomic E-state index is 13.5. The number of nitrogens with zero attached hydrogens (tertiary/aromatic N) is 3. The predicted molar refractivity (Wildman–Crippen MR) is 136 cm³/mol. The van der Waals surface area contributed by atoms with Gasteiger partial charge in [0.05, 0.1) is 23.0 Å². The van der Waals surface area contributed by atoms with Crippen molar-refractivity contribution < 1.29 is 9.50 Å². The summed E-state index contributed by atoms with van der Waals surface area (Å²) in [6, 6.07) is 17.4. The van der Waals surface area contributed by atoms with Gasteiger partial charge in [-0.2, -0.15) is 5.10 Å². The van der Waals surface area contributed by atoms with Crippen LogP contribution in [0.4, 0.5) is 4.39 Å². The molecule has 2 aromatic carbocycles. The van der Waals surface area contributed by atoms with E-state index < -0.39 is 5.60 Å². The van der Waals surface area contributed by atoms with Crippen LogP contribution in [0.1, 0.15) is 62.3 Å². The number of halogens is 1. The van der Waals surface area contributed by atoms with E-state index in [1.807, 2.05) is 23.1 Å². The first-order valence-electron chi connectivity index (χ1n) is 12.9. The van der Waals surface area contributed by atoms with Crippen molar-refractivity contribution in [2.75, 3.05) is 0 Å². The molecule has 180 valence electrons. The zero-order valence-corrected chi connectivity index (χ0v) is 20.3. The Labute approximate surface area is 205 Å². The fourth-order valence-corrected chi connectivity index (χ4v) is 6.74. The van der Waals surface area contributed by atoms with Crippen LogP contribution in [0.2, 0.25) is 0 Å². The maximum Gasteiger partial charge on any atom is 0.123 e. The van der Waals surface area contributed by atoms with Crippen molar-refractivity contribution in [1.29, 1.82) is 0 Å². The minimum atomic E-state index is -0.569. The van der Waals surface area contributed by atoms with E-state index in [1.54, 1.807) is 12.1 Å². The average Bonchev–Trinajstić information content (AvgIpc) is 3.23. The number of hydrogen-bond acceptors (Lipinski definition) is 3. The highest BCUT2D eigenvalue weighted by Crippen LogP contribution is 2.54. The second-order valence-corrected chi connectivity index (χ2v) is 10.6. The Bertz CT molecular complexity index is 1350. The van der Waals surface area contributed by atoms with Crippen molar-refractivity contribution in [3.05, 3.63) is 89.6 Å². The molecule has 1 fully saturated rings. The van der Waals surface area contributed by atoms with Crippen molar-refractivity contribution in [2.45, 2.75) is 69.3 Å². The number of fused-ring (bicyclic) bond motifs is 4. The van der Waals surface area contributed by atoms with E-state index >= 15 is 0 Å². The molecule has 0 aliphatic heterocycles. The van der Waals surface area contributed by atoms with E-state index in [9.17, 15) is 9.50 Å². The lowest BCUT2D eigenvalue weighted by molar-refractivity contribution is -0.0499. The number of aliphatic hydroxyl groups is 1. The predicted octanol–water partition coefficient (Wildman–Crippen LogP) is 6.32. The van der Waals surface area contributed by atoms with Crippen LogP contribution in [-0.4, -0.2) is 25.5 Å². The van der Waals surface area contributed by atoms with E-state index in [1.165, 1.54) is 23.3 Å². The van der Waals surface area contributed by atoms with Crippen molar-refractivity contribution in [2.24, 2.45) is 5.92 Å². The number of aryl methyl sites for hydroxylation is 1.